The molecule has 0 bridgehead atoms. The zero-order valence-electron chi connectivity index (χ0n) is 13.7. The summed E-state index contributed by atoms with van der Waals surface area (Å²) in [5.74, 6) is 0.597. The van der Waals surface area contributed by atoms with Crippen LogP contribution < -0.4 is 11.1 Å². The molecular weight excluding hydrogens is 369 g/mol. The number of hydrogen-bond acceptors (Lipinski definition) is 3. The molecule has 1 aromatic carbocycles. The standard InChI is InChI=1S/C17H24ClN3O.2ClH/c18-15-4-2-1-3-14(15)12-21-9-5-13(6-10-21)11-20-16(22)17(19)7-8-17;;/h1-4,13H,5-12,19H2,(H,20,22);2*1H. The van der Waals surface area contributed by atoms with E-state index in [1.807, 2.05) is 18.2 Å². The largest absolute Gasteiger partial charge is 0.354 e. The van der Waals surface area contributed by atoms with E-state index in [9.17, 15) is 4.79 Å². The molecule has 3 N–H and O–H groups in total. The van der Waals surface area contributed by atoms with Gasteiger partial charge in [-0.2, -0.15) is 0 Å². The van der Waals surface area contributed by atoms with Crippen LogP contribution in [0.15, 0.2) is 24.3 Å². The summed E-state index contributed by atoms with van der Waals surface area (Å²) in [6, 6.07) is 8.03. The Labute approximate surface area is 161 Å². The Bertz CT molecular complexity index is 544. The summed E-state index contributed by atoms with van der Waals surface area (Å²) in [6.07, 6.45) is 3.88. The monoisotopic (exact) mass is 393 g/mol. The van der Waals surface area contributed by atoms with Crippen LogP contribution in [0.2, 0.25) is 5.02 Å². The van der Waals surface area contributed by atoms with Crippen molar-refractivity contribution < 1.29 is 4.79 Å². The summed E-state index contributed by atoms with van der Waals surface area (Å²) in [5.41, 5.74) is 6.53. The van der Waals surface area contributed by atoms with Crippen LogP contribution in [0.25, 0.3) is 0 Å². The van der Waals surface area contributed by atoms with Gasteiger partial charge in [0.15, 0.2) is 0 Å². The third kappa shape index (κ3) is 5.50. The first kappa shape index (κ1) is 21.5. The third-order valence-electron chi connectivity index (χ3n) is 4.85. The molecule has 2 fully saturated rings. The summed E-state index contributed by atoms with van der Waals surface area (Å²) < 4.78 is 0. The van der Waals surface area contributed by atoms with E-state index in [1.165, 1.54) is 5.56 Å². The number of carbonyl (C=O) groups excluding carboxylic acids is 1. The maximum absolute atomic E-state index is 11.9. The zero-order valence-corrected chi connectivity index (χ0v) is 16.1. The predicted molar refractivity (Wildman–Crippen MR) is 103 cm³/mol. The van der Waals surface area contributed by atoms with Gasteiger partial charge in [0, 0.05) is 18.1 Å². The van der Waals surface area contributed by atoms with Crippen LogP contribution in [0.1, 0.15) is 31.2 Å². The Morgan fingerprint density at radius 2 is 1.88 bits per heavy atom. The van der Waals surface area contributed by atoms with Gasteiger partial charge in [0.2, 0.25) is 5.91 Å². The maximum Gasteiger partial charge on any atom is 0.240 e. The van der Waals surface area contributed by atoms with Crippen molar-refractivity contribution in [3.8, 4) is 0 Å². The van der Waals surface area contributed by atoms with Crippen molar-refractivity contribution in [3.63, 3.8) is 0 Å². The lowest BCUT2D eigenvalue weighted by Gasteiger charge is -2.32. The van der Waals surface area contributed by atoms with E-state index in [2.05, 4.69) is 16.3 Å². The van der Waals surface area contributed by atoms with E-state index in [4.69, 9.17) is 17.3 Å². The highest BCUT2D eigenvalue weighted by Crippen LogP contribution is 2.32. The molecule has 3 rings (SSSR count). The van der Waals surface area contributed by atoms with Gasteiger partial charge in [-0.05, 0) is 56.3 Å². The zero-order chi connectivity index (χ0) is 15.6. The van der Waals surface area contributed by atoms with Crippen LogP contribution in [0.5, 0.6) is 0 Å². The fourth-order valence-electron chi connectivity index (χ4n) is 2.99. The topological polar surface area (TPSA) is 58.4 Å². The Morgan fingerprint density at radius 3 is 2.46 bits per heavy atom. The molecule has 136 valence electrons. The Balaban J connectivity index is 0.00000144. The molecule has 1 aliphatic carbocycles. The van der Waals surface area contributed by atoms with Gasteiger partial charge < -0.3 is 11.1 Å². The summed E-state index contributed by atoms with van der Waals surface area (Å²) in [6.45, 7) is 3.78. The fourth-order valence-corrected chi connectivity index (χ4v) is 3.19. The number of nitrogens with zero attached hydrogens (tertiary/aromatic N) is 1. The molecular formula is C17H26Cl3N3O. The van der Waals surface area contributed by atoms with E-state index >= 15 is 0 Å². The molecule has 1 heterocycles. The van der Waals surface area contributed by atoms with Gasteiger partial charge in [-0.15, -0.1) is 24.8 Å². The normalized spacial score (nSPS) is 19.8. The number of likely N-dealkylation sites (tertiary alicyclic amines) is 1. The molecule has 1 aromatic rings. The summed E-state index contributed by atoms with van der Waals surface area (Å²) in [4.78, 5) is 14.3. The Hall–Kier alpha value is -0.520. The number of halogens is 3. The van der Waals surface area contributed by atoms with Crippen LogP contribution in [0, 0.1) is 5.92 Å². The first-order valence-corrected chi connectivity index (χ1v) is 8.47. The quantitative estimate of drug-likeness (QED) is 0.807. The SMILES string of the molecule is Cl.Cl.NC1(C(=O)NCC2CCN(Cc3ccccc3Cl)CC2)CC1. The lowest BCUT2D eigenvalue weighted by atomic mass is 9.96. The molecule has 24 heavy (non-hydrogen) atoms. The number of carbonyl (C=O) groups is 1. The van der Waals surface area contributed by atoms with Gasteiger partial charge in [0.1, 0.15) is 0 Å². The van der Waals surface area contributed by atoms with E-state index in [1.54, 1.807) is 0 Å². The van der Waals surface area contributed by atoms with E-state index in [-0.39, 0.29) is 30.7 Å². The van der Waals surface area contributed by atoms with E-state index in [0.717, 1.165) is 56.9 Å². The fraction of sp³-hybridized carbons (Fsp3) is 0.588. The molecule has 0 atom stereocenters. The highest BCUT2D eigenvalue weighted by Gasteiger charge is 2.45. The number of hydrogen-bond donors (Lipinski definition) is 2. The lowest BCUT2D eigenvalue weighted by Crippen LogP contribution is -2.45. The van der Waals surface area contributed by atoms with Crippen LogP contribution in [-0.2, 0) is 11.3 Å². The number of piperidine rings is 1. The highest BCUT2D eigenvalue weighted by molar-refractivity contribution is 6.31. The number of amides is 1. The second kappa shape index (κ2) is 9.25. The van der Waals surface area contributed by atoms with Crippen LogP contribution in [0.4, 0.5) is 0 Å². The average Bonchev–Trinajstić information content (AvgIpc) is 3.28. The van der Waals surface area contributed by atoms with E-state index < -0.39 is 5.54 Å². The van der Waals surface area contributed by atoms with Gasteiger partial charge in [0.05, 0.1) is 5.54 Å². The van der Waals surface area contributed by atoms with Gasteiger partial charge in [-0.3, -0.25) is 9.69 Å². The lowest BCUT2D eigenvalue weighted by molar-refractivity contribution is -0.123. The van der Waals surface area contributed by atoms with Gasteiger partial charge >= 0.3 is 0 Å². The van der Waals surface area contributed by atoms with Gasteiger partial charge in [-0.25, -0.2) is 0 Å². The highest BCUT2D eigenvalue weighted by atomic mass is 35.5. The van der Waals surface area contributed by atoms with Crippen LogP contribution in [0.3, 0.4) is 0 Å². The Kier molecular flexibility index (Phi) is 8.30. The predicted octanol–water partition coefficient (Wildman–Crippen LogP) is 3.00. The van der Waals surface area contributed by atoms with Crippen LogP contribution >= 0.6 is 36.4 Å². The molecule has 0 spiro atoms. The second-order valence-corrected chi connectivity index (χ2v) is 7.08. The third-order valence-corrected chi connectivity index (χ3v) is 5.22. The molecule has 7 heteroatoms. The van der Waals surface area contributed by atoms with Crippen molar-refractivity contribution in [1.29, 1.82) is 0 Å². The van der Waals surface area contributed by atoms with Crippen molar-refractivity contribution in [1.82, 2.24) is 10.2 Å². The molecule has 1 saturated heterocycles. The smallest absolute Gasteiger partial charge is 0.240 e. The summed E-state index contributed by atoms with van der Waals surface area (Å²) >= 11 is 6.22. The minimum atomic E-state index is -0.551. The number of benzene rings is 1. The molecule has 4 nitrogen and oxygen atoms in total. The molecule has 1 saturated carbocycles. The summed E-state index contributed by atoms with van der Waals surface area (Å²) in [7, 11) is 0. The van der Waals surface area contributed by atoms with Crippen LogP contribution in [-0.4, -0.2) is 36.0 Å². The minimum Gasteiger partial charge on any atom is -0.354 e. The number of nitrogens with one attached hydrogen (secondary N) is 1. The van der Waals surface area contributed by atoms with Crippen molar-refractivity contribution in [2.45, 2.75) is 37.8 Å². The van der Waals surface area contributed by atoms with Crippen molar-refractivity contribution >= 4 is 42.3 Å². The maximum atomic E-state index is 11.9. The van der Waals surface area contributed by atoms with Gasteiger partial charge in [-0.1, -0.05) is 29.8 Å². The number of rotatable bonds is 5. The van der Waals surface area contributed by atoms with E-state index in [0.29, 0.717) is 5.92 Å². The molecule has 0 aromatic heterocycles. The van der Waals surface area contributed by atoms with Crippen molar-refractivity contribution in [3.05, 3.63) is 34.9 Å². The minimum absolute atomic E-state index is 0. The van der Waals surface area contributed by atoms with Crippen molar-refractivity contribution in [2.24, 2.45) is 11.7 Å². The molecule has 1 aliphatic heterocycles. The Morgan fingerprint density at radius 1 is 1.25 bits per heavy atom. The van der Waals surface area contributed by atoms with Gasteiger partial charge in [0.25, 0.3) is 0 Å². The molecule has 0 radical (unpaired) electrons. The second-order valence-electron chi connectivity index (χ2n) is 6.68. The first-order valence-electron chi connectivity index (χ1n) is 8.10. The number of nitrogens with two attached hydrogens (primary N) is 1. The molecule has 0 unspecified atom stereocenters. The summed E-state index contributed by atoms with van der Waals surface area (Å²) in [5, 5.41) is 3.87. The average molecular weight is 395 g/mol. The first-order chi connectivity index (χ1) is 10.6. The molecule has 1 amide bonds. The van der Waals surface area contributed by atoms with Crippen molar-refractivity contribution in [2.75, 3.05) is 19.6 Å². The molecule has 2 aliphatic rings.